The van der Waals surface area contributed by atoms with Crippen molar-refractivity contribution in [3.05, 3.63) is 28.8 Å². The van der Waals surface area contributed by atoms with Crippen LogP contribution in [0.1, 0.15) is 29.5 Å². The minimum atomic E-state index is 0.659. The zero-order valence-electron chi connectivity index (χ0n) is 9.64. The van der Waals surface area contributed by atoms with E-state index in [1.165, 1.54) is 36.1 Å². The first-order valence-electron chi connectivity index (χ1n) is 5.76. The predicted octanol–water partition coefficient (Wildman–Crippen LogP) is 2.18. The van der Waals surface area contributed by atoms with Crippen LogP contribution in [0.25, 0.3) is 0 Å². The van der Waals surface area contributed by atoms with E-state index in [1.807, 2.05) is 0 Å². The van der Waals surface area contributed by atoms with Crippen LogP contribution in [0.4, 0.5) is 5.69 Å². The molecule has 1 aliphatic rings. The van der Waals surface area contributed by atoms with Crippen molar-refractivity contribution >= 4 is 5.69 Å². The molecule has 0 radical (unpaired) electrons. The van der Waals surface area contributed by atoms with Crippen LogP contribution >= 0.6 is 0 Å². The molecule has 3 N–H and O–H groups in total. The summed E-state index contributed by atoms with van der Waals surface area (Å²) >= 11 is 0. The molecule has 82 valence electrons. The third kappa shape index (κ3) is 2.32. The van der Waals surface area contributed by atoms with Crippen molar-refractivity contribution in [1.29, 1.82) is 0 Å². The van der Waals surface area contributed by atoms with Crippen molar-refractivity contribution in [3.8, 4) is 0 Å². The highest BCUT2D eigenvalue weighted by atomic mass is 14.9. The molecule has 1 aromatic carbocycles. The Morgan fingerprint density at radius 2 is 2.20 bits per heavy atom. The number of hydrogen-bond acceptors (Lipinski definition) is 2. The summed E-state index contributed by atoms with van der Waals surface area (Å²) in [5.74, 6) is 0. The minimum Gasteiger partial charge on any atom is -0.398 e. The zero-order chi connectivity index (χ0) is 10.8. The summed E-state index contributed by atoms with van der Waals surface area (Å²) in [6.07, 6.45) is 3.73. The number of benzene rings is 1. The van der Waals surface area contributed by atoms with Crippen molar-refractivity contribution in [2.24, 2.45) is 0 Å². The summed E-state index contributed by atoms with van der Waals surface area (Å²) in [6, 6.07) is 5.06. The first-order chi connectivity index (χ1) is 7.16. The van der Waals surface area contributed by atoms with Crippen molar-refractivity contribution in [2.45, 2.75) is 39.2 Å². The number of nitrogens with two attached hydrogens (primary N) is 1. The van der Waals surface area contributed by atoms with Gasteiger partial charge in [-0.3, -0.25) is 0 Å². The maximum absolute atomic E-state index is 5.98. The predicted molar refractivity (Wildman–Crippen MR) is 65.1 cm³/mol. The van der Waals surface area contributed by atoms with E-state index in [1.54, 1.807) is 0 Å². The largest absolute Gasteiger partial charge is 0.398 e. The van der Waals surface area contributed by atoms with E-state index >= 15 is 0 Å². The Morgan fingerprint density at radius 1 is 1.40 bits per heavy atom. The highest BCUT2D eigenvalue weighted by Crippen LogP contribution is 2.20. The molecule has 0 spiro atoms. The number of nitrogens with one attached hydrogen (secondary N) is 1. The van der Waals surface area contributed by atoms with Gasteiger partial charge in [-0.25, -0.2) is 0 Å². The molecule has 0 aliphatic carbocycles. The molecule has 0 bridgehead atoms. The second kappa shape index (κ2) is 4.23. The van der Waals surface area contributed by atoms with Gasteiger partial charge in [0.2, 0.25) is 0 Å². The fourth-order valence-electron chi connectivity index (χ4n) is 2.30. The van der Waals surface area contributed by atoms with Crippen LogP contribution in [0, 0.1) is 13.8 Å². The Balaban J connectivity index is 2.14. The van der Waals surface area contributed by atoms with Gasteiger partial charge in [-0.1, -0.05) is 6.07 Å². The van der Waals surface area contributed by atoms with Gasteiger partial charge in [0.1, 0.15) is 0 Å². The van der Waals surface area contributed by atoms with Crippen LogP contribution in [0.2, 0.25) is 0 Å². The molecule has 1 unspecified atom stereocenters. The first-order valence-corrected chi connectivity index (χ1v) is 5.76. The van der Waals surface area contributed by atoms with E-state index in [9.17, 15) is 0 Å². The molecule has 0 saturated carbocycles. The lowest BCUT2D eigenvalue weighted by atomic mass is 9.99. The zero-order valence-corrected chi connectivity index (χ0v) is 9.64. The third-order valence-corrected chi connectivity index (χ3v) is 3.41. The van der Waals surface area contributed by atoms with Crippen LogP contribution in [0.15, 0.2) is 12.1 Å². The highest BCUT2D eigenvalue weighted by molar-refractivity contribution is 5.52. The maximum Gasteiger partial charge on any atom is 0.0349 e. The van der Waals surface area contributed by atoms with Crippen molar-refractivity contribution in [1.82, 2.24) is 5.32 Å². The van der Waals surface area contributed by atoms with Crippen LogP contribution in [-0.4, -0.2) is 12.6 Å². The fraction of sp³-hybridized carbons (Fsp3) is 0.538. The quantitative estimate of drug-likeness (QED) is 0.725. The standard InChI is InChI=1S/C13H20N2/c1-9-6-11(8-13(14)10(9)2)7-12-4-3-5-15-12/h6,8,12,15H,3-5,7,14H2,1-2H3. The van der Waals surface area contributed by atoms with Crippen LogP contribution < -0.4 is 11.1 Å². The Labute approximate surface area is 91.9 Å². The summed E-state index contributed by atoms with van der Waals surface area (Å²) < 4.78 is 0. The lowest BCUT2D eigenvalue weighted by Gasteiger charge is -2.13. The average Bonchev–Trinajstić information content (AvgIpc) is 2.66. The summed E-state index contributed by atoms with van der Waals surface area (Å²) in [4.78, 5) is 0. The molecule has 2 heteroatoms. The van der Waals surface area contributed by atoms with Crippen LogP contribution in [0.3, 0.4) is 0 Å². The van der Waals surface area contributed by atoms with E-state index in [4.69, 9.17) is 5.73 Å². The molecule has 1 aromatic rings. The van der Waals surface area contributed by atoms with Gasteiger partial charge in [0.25, 0.3) is 0 Å². The molecular formula is C13H20N2. The van der Waals surface area contributed by atoms with Gasteiger partial charge >= 0.3 is 0 Å². The number of hydrogen-bond donors (Lipinski definition) is 2. The highest BCUT2D eigenvalue weighted by Gasteiger charge is 2.14. The monoisotopic (exact) mass is 204 g/mol. The Hall–Kier alpha value is -1.02. The number of aryl methyl sites for hydroxylation is 1. The van der Waals surface area contributed by atoms with Crippen LogP contribution in [-0.2, 0) is 6.42 Å². The average molecular weight is 204 g/mol. The van der Waals surface area contributed by atoms with Gasteiger partial charge < -0.3 is 11.1 Å². The molecule has 1 fully saturated rings. The SMILES string of the molecule is Cc1cc(CC2CCCN2)cc(N)c1C. The van der Waals surface area contributed by atoms with Gasteiger partial charge in [0.05, 0.1) is 0 Å². The lowest BCUT2D eigenvalue weighted by Crippen LogP contribution is -2.23. The molecule has 0 aromatic heterocycles. The lowest BCUT2D eigenvalue weighted by molar-refractivity contribution is 0.603. The topological polar surface area (TPSA) is 38.0 Å². The molecular weight excluding hydrogens is 184 g/mol. The van der Waals surface area contributed by atoms with E-state index in [-0.39, 0.29) is 0 Å². The van der Waals surface area contributed by atoms with Gasteiger partial charge in [-0.15, -0.1) is 0 Å². The minimum absolute atomic E-state index is 0.659. The molecule has 1 aliphatic heterocycles. The Kier molecular flexibility index (Phi) is 2.96. The molecule has 0 amide bonds. The van der Waals surface area contributed by atoms with Crippen molar-refractivity contribution < 1.29 is 0 Å². The molecule has 2 nitrogen and oxygen atoms in total. The number of nitrogen functional groups attached to an aromatic ring is 1. The summed E-state index contributed by atoms with van der Waals surface area (Å²) in [6.45, 7) is 5.39. The van der Waals surface area contributed by atoms with Crippen molar-refractivity contribution in [2.75, 3.05) is 12.3 Å². The Morgan fingerprint density at radius 3 is 2.80 bits per heavy atom. The second-order valence-corrected chi connectivity index (χ2v) is 4.62. The third-order valence-electron chi connectivity index (χ3n) is 3.41. The smallest absolute Gasteiger partial charge is 0.0349 e. The van der Waals surface area contributed by atoms with Crippen LogP contribution in [0.5, 0.6) is 0 Å². The summed E-state index contributed by atoms with van der Waals surface area (Å²) in [7, 11) is 0. The maximum atomic E-state index is 5.98. The van der Waals surface area contributed by atoms with Gasteiger partial charge in [0.15, 0.2) is 0 Å². The summed E-state index contributed by atoms with van der Waals surface area (Å²) in [5.41, 5.74) is 10.8. The molecule has 1 heterocycles. The number of rotatable bonds is 2. The first kappa shape index (κ1) is 10.5. The molecule has 15 heavy (non-hydrogen) atoms. The molecule has 2 rings (SSSR count). The summed E-state index contributed by atoms with van der Waals surface area (Å²) in [5, 5.41) is 3.52. The van der Waals surface area contributed by atoms with E-state index in [0.717, 1.165) is 12.1 Å². The molecule has 1 saturated heterocycles. The van der Waals surface area contributed by atoms with E-state index in [2.05, 4.69) is 31.3 Å². The van der Waals surface area contributed by atoms with Gasteiger partial charge in [0, 0.05) is 11.7 Å². The van der Waals surface area contributed by atoms with Crippen molar-refractivity contribution in [3.63, 3.8) is 0 Å². The normalized spacial score (nSPS) is 20.8. The fourth-order valence-corrected chi connectivity index (χ4v) is 2.30. The Bertz CT molecular complexity index is 329. The second-order valence-electron chi connectivity index (χ2n) is 4.62. The van der Waals surface area contributed by atoms with E-state index < -0.39 is 0 Å². The van der Waals surface area contributed by atoms with E-state index in [0.29, 0.717) is 6.04 Å². The van der Waals surface area contributed by atoms with Gasteiger partial charge in [-0.05, 0) is 62.4 Å². The van der Waals surface area contributed by atoms with Gasteiger partial charge in [-0.2, -0.15) is 0 Å². The molecule has 1 atom stereocenters. The number of anilines is 1.